The topological polar surface area (TPSA) is 36.5 Å². The number of nitrogens with zero attached hydrogens (tertiary/aromatic N) is 1. The molecule has 0 aliphatic heterocycles. The molecule has 7 heteroatoms. The Morgan fingerprint density at radius 2 is 1.67 bits per heavy atom. The molecule has 4 nitrogen and oxygen atoms in total. The molecule has 146 valence electrons. The summed E-state index contributed by atoms with van der Waals surface area (Å²) in [5, 5.41) is 6.79. The van der Waals surface area contributed by atoms with Crippen LogP contribution in [0.2, 0.25) is 0 Å². The van der Waals surface area contributed by atoms with Gasteiger partial charge in [0.25, 0.3) is 0 Å². The van der Waals surface area contributed by atoms with Gasteiger partial charge in [-0.3, -0.25) is 4.90 Å². The molecular weight excluding hydrogens is 368 g/mol. The van der Waals surface area contributed by atoms with Crippen molar-refractivity contribution in [1.82, 2.24) is 10.2 Å². The highest BCUT2D eigenvalue weighted by Gasteiger charge is 2.17. The van der Waals surface area contributed by atoms with E-state index < -0.39 is 6.61 Å². The summed E-state index contributed by atoms with van der Waals surface area (Å²) < 4.78 is 28.7. The van der Waals surface area contributed by atoms with Gasteiger partial charge in [-0.1, -0.05) is 44.2 Å². The molecule has 0 radical (unpaired) electrons. The predicted octanol–water partition coefficient (Wildman–Crippen LogP) is 4.66. The van der Waals surface area contributed by atoms with E-state index in [9.17, 15) is 8.78 Å². The second-order valence-electron chi connectivity index (χ2n) is 5.89. The summed E-state index contributed by atoms with van der Waals surface area (Å²) in [4.78, 5) is 2.36. The molecule has 0 aromatic heterocycles. The second kappa shape index (κ2) is 10.8. The molecule has 0 fully saturated rings. The quantitative estimate of drug-likeness (QED) is 0.606. The van der Waals surface area contributed by atoms with Gasteiger partial charge >= 0.3 is 6.61 Å². The highest BCUT2D eigenvalue weighted by molar-refractivity contribution is 7.80. The first-order valence-corrected chi connectivity index (χ1v) is 9.33. The van der Waals surface area contributed by atoms with Crippen LogP contribution < -0.4 is 15.4 Å². The molecule has 0 saturated carbocycles. The molecule has 1 atom stereocenters. The summed E-state index contributed by atoms with van der Waals surface area (Å²) in [7, 11) is 0. The average molecular weight is 394 g/mol. The smallest absolute Gasteiger partial charge is 0.387 e. The Morgan fingerprint density at radius 1 is 1.04 bits per heavy atom. The lowest BCUT2D eigenvalue weighted by atomic mass is 10.1. The number of likely N-dealkylation sites (N-methyl/N-ethyl adjacent to an activating group) is 1. The summed E-state index contributed by atoms with van der Waals surface area (Å²) in [6.07, 6.45) is 0. The molecule has 2 rings (SSSR count). The van der Waals surface area contributed by atoms with Gasteiger partial charge in [0.05, 0.1) is 6.04 Å². The van der Waals surface area contributed by atoms with Gasteiger partial charge in [-0.15, -0.1) is 0 Å². The van der Waals surface area contributed by atoms with Gasteiger partial charge in [-0.05, 0) is 55.1 Å². The third-order valence-electron chi connectivity index (χ3n) is 4.23. The Balaban J connectivity index is 1.95. The van der Waals surface area contributed by atoms with E-state index in [1.54, 1.807) is 12.1 Å². The van der Waals surface area contributed by atoms with E-state index in [4.69, 9.17) is 12.2 Å². The standard InChI is InChI=1S/C20H25F2N3OS/c1-3-25(4-2)18(15-8-6-5-7-9-15)14-23-20(27)24-16-10-12-17(13-11-16)26-19(21)22/h5-13,18-19H,3-4,14H2,1-2H3,(H2,23,24,27)/t18-/m0/s1. The van der Waals surface area contributed by atoms with Crippen LogP contribution in [0.1, 0.15) is 25.5 Å². The van der Waals surface area contributed by atoms with Gasteiger partial charge in [-0.25, -0.2) is 0 Å². The first kappa shape index (κ1) is 21.1. The van der Waals surface area contributed by atoms with Crippen molar-refractivity contribution in [3.63, 3.8) is 0 Å². The number of nitrogens with one attached hydrogen (secondary N) is 2. The van der Waals surface area contributed by atoms with Crippen LogP contribution in [0, 0.1) is 0 Å². The van der Waals surface area contributed by atoms with Crippen LogP contribution in [-0.2, 0) is 0 Å². The number of thiocarbonyl (C=S) groups is 1. The van der Waals surface area contributed by atoms with E-state index in [0.29, 0.717) is 17.3 Å². The largest absolute Gasteiger partial charge is 0.435 e. The van der Waals surface area contributed by atoms with E-state index in [1.165, 1.54) is 17.7 Å². The van der Waals surface area contributed by atoms with E-state index >= 15 is 0 Å². The number of hydrogen-bond donors (Lipinski definition) is 2. The number of alkyl halides is 2. The molecule has 0 spiro atoms. The number of hydrogen-bond acceptors (Lipinski definition) is 3. The Hall–Kier alpha value is -2.25. The van der Waals surface area contributed by atoms with Crippen LogP contribution >= 0.6 is 12.2 Å². The van der Waals surface area contributed by atoms with Crippen LogP contribution in [0.15, 0.2) is 54.6 Å². The van der Waals surface area contributed by atoms with Crippen molar-refractivity contribution in [1.29, 1.82) is 0 Å². The highest BCUT2D eigenvalue weighted by Crippen LogP contribution is 2.20. The van der Waals surface area contributed by atoms with Crippen molar-refractivity contribution >= 4 is 23.0 Å². The molecular formula is C20H25F2N3OS. The van der Waals surface area contributed by atoms with Gasteiger partial charge < -0.3 is 15.4 Å². The summed E-state index contributed by atoms with van der Waals surface area (Å²) in [6.45, 7) is 3.97. The van der Waals surface area contributed by atoms with Gasteiger partial charge in [0.2, 0.25) is 0 Å². The maximum Gasteiger partial charge on any atom is 0.387 e. The van der Waals surface area contributed by atoms with E-state index in [0.717, 1.165) is 13.1 Å². The molecule has 0 bridgehead atoms. The normalized spacial score (nSPS) is 12.1. The maximum atomic E-state index is 12.2. The van der Waals surface area contributed by atoms with Gasteiger partial charge in [0.1, 0.15) is 5.75 Å². The van der Waals surface area contributed by atoms with Gasteiger partial charge in [0.15, 0.2) is 5.11 Å². The monoisotopic (exact) mass is 393 g/mol. The second-order valence-corrected chi connectivity index (χ2v) is 6.29. The molecule has 27 heavy (non-hydrogen) atoms. The zero-order chi connectivity index (χ0) is 19.6. The molecule has 0 heterocycles. The Labute approximate surface area is 164 Å². The summed E-state index contributed by atoms with van der Waals surface area (Å²) in [6, 6.07) is 16.7. The average Bonchev–Trinajstić information content (AvgIpc) is 2.67. The fourth-order valence-corrected chi connectivity index (χ4v) is 3.08. The maximum absolute atomic E-state index is 12.2. The Kier molecular flexibility index (Phi) is 8.42. The SMILES string of the molecule is CCN(CC)[C@@H](CNC(=S)Nc1ccc(OC(F)F)cc1)c1ccccc1. The lowest BCUT2D eigenvalue weighted by Gasteiger charge is -2.30. The van der Waals surface area contributed by atoms with E-state index in [2.05, 4.69) is 46.3 Å². The lowest BCUT2D eigenvalue weighted by molar-refractivity contribution is -0.0498. The van der Waals surface area contributed by atoms with Crippen LogP contribution in [-0.4, -0.2) is 36.3 Å². The van der Waals surface area contributed by atoms with Crippen LogP contribution in [0.5, 0.6) is 5.75 Å². The first-order chi connectivity index (χ1) is 13.0. The first-order valence-electron chi connectivity index (χ1n) is 8.92. The third-order valence-corrected chi connectivity index (χ3v) is 4.48. The molecule has 0 aliphatic carbocycles. The number of halogens is 2. The number of benzene rings is 2. The molecule has 2 aromatic rings. The zero-order valence-electron chi connectivity index (χ0n) is 15.5. The third kappa shape index (κ3) is 6.77. The van der Waals surface area contributed by atoms with Gasteiger partial charge in [-0.2, -0.15) is 8.78 Å². The summed E-state index contributed by atoms with van der Waals surface area (Å²) in [5.74, 6) is 0.111. The van der Waals surface area contributed by atoms with Crippen molar-refractivity contribution < 1.29 is 13.5 Å². The molecule has 0 saturated heterocycles. The number of ether oxygens (including phenoxy) is 1. The van der Waals surface area contributed by atoms with E-state index in [-0.39, 0.29) is 11.8 Å². The molecule has 0 amide bonds. The van der Waals surface area contributed by atoms with Crippen LogP contribution in [0.3, 0.4) is 0 Å². The lowest BCUT2D eigenvalue weighted by Crippen LogP contribution is -2.39. The molecule has 2 aromatic carbocycles. The number of anilines is 1. The van der Waals surface area contributed by atoms with Crippen molar-refractivity contribution in [3.05, 3.63) is 60.2 Å². The Bertz CT molecular complexity index is 694. The molecule has 2 N–H and O–H groups in total. The molecule has 0 unspecified atom stereocenters. The predicted molar refractivity (Wildman–Crippen MR) is 109 cm³/mol. The Morgan fingerprint density at radius 3 is 2.22 bits per heavy atom. The van der Waals surface area contributed by atoms with Crippen LogP contribution in [0.25, 0.3) is 0 Å². The van der Waals surface area contributed by atoms with Crippen molar-refractivity contribution in [2.24, 2.45) is 0 Å². The van der Waals surface area contributed by atoms with Crippen molar-refractivity contribution in [2.45, 2.75) is 26.5 Å². The van der Waals surface area contributed by atoms with Crippen molar-refractivity contribution in [3.8, 4) is 5.75 Å². The van der Waals surface area contributed by atoms with Crippen molar-refractivity contribution in [2.75, 3.05) is 25.0 Å². The summed E-state index contributed by atoms with van der Waals surface area (Å²) in [5.41, 5.74) is 1.93. The molecule has 0 aliphatic rings. The minimum atomic E-state index is -2.83. The van der Waals surface area contributed by atoms with Crippen LogP contribution in [0.4, 0.5) is 14.5 Å². The van der Waals surface area contributed by atoms with E-state index in [1.807, 2.05) is 18.2 Å². The van der Waals surface area contributed by atoms with Gasteiger partial charge in [0, 0.05) is 12.2 Å². The fraction of sp³-hybridized carbons (Fsp3) is 0.350. The minimum Gasteiger partial charge on any atom is -0.435 e. The minimum absolute atomic E-state index is 0.111. The summed E-state index contributed by atoms with van der Waals surface area (Å²) >= 11 is 5.37. The highest BCUT2D eigenvalue weighted by atomic mass is 32.1. The fourth-order valence-electron chi connectivity index (χ4n) is 2.88. The zero-order valence-corrected chi connectivity index (χ0v) is 16.3. The number of rotatable bonds is 9.